The molecule has 36 heavy (non-hydrogen) atoms. The zero-order valence-electron chi connectivity index (χ0n) is 21.2. The van der Waals surface area contributed by atoms with E-state index in [1.54, 1.807) is 12.1 Å². The maximum absolute atomic E-state index is 12.3. The maximum Gasteiger partial charge on any atom is 0.252 e. The Morgan fingerprint density at radius 3 is 2.61 bits per heavy atom. The molecule has 3 aromatic rings. The van der Waals surface area contributed by atoms with E-state index in [2.05, 4.69) is 15.6 Å². The number of pyridine rings is 1. The molecule has 0 saturated carbocycles. The summed E-state index contributed by atoms with van der Waals surface area (Å²) in [6.07, 6.45) is 2.75. The molecule has 2 amide bonds. The van der Waals surface area contributed by atoms with Crippen LogP contribution < -0.4 is 25.8 Å². The van der Waals surface area contributed by atoms with Crippen LogP contribution >= 0.6 is 0 Å². The highest BCUT2D eigenvalue weighted by Gasteiger charge is 2.18. The molecule has 9 heteroatoms. The molecule has 192 valence electrons. The van der Waals surface area contributed by atoms with Crippen LogP contribution in [0.5, 0.6) is 11.5 Å². The van der Waals surface area contributed by atoms with Gasteiger partial charge in [-0.2, -0.15) is 0 Å². The second-order valence-corrected chi connectivity index (χ2v) is 8.66. The van der Waals surface area contributed by atoms with Crippen LogP contribution in [0.2, 0.25) is 0 Å². The Morgan fingerprint density at radius 2 is 1.97 bits per heavy atom. The van der Waals surface area contributed by atoms with E-state index in [1.807, 2.05) is 39.0 Å². The molecule has 5 N–H and O–H groups in total. The van der Waals surface area contributed by atoms with Crippen LogP contribution in [0.25, 0.3) is 10.9 Å². The lowest BCUT2D eigenvalue weighted by Gasteiger charge is -2.19. The molecule has 0 aliphatic rings. The molecule has 0 radical (unpaired) electrons. The minimum Gasteiger partial charge on any atom is -0.493 e. The Labute approximate surface area is 211 Å². The van der Waals surface area contributed by atoms with E-state index in [4.69, 9.17) is 15.2 Å². The van der Waals surface area contributed by atoms with Gasteiger partial charge in [0.05, 0.1) is 37.1 Å². The van der Waals surface area contributed by atoms with E-state index in [1.165, 1.54) is 13.3 Å². The van der Waals surface area contributed by atoms with Crippen molar-refractivity contribution >= 4 is 34.1 Å². The van der Waals surface area contributed by atoms with Gasteiger partial charge in [-0.25, -0.2) is 0 Å². The molecule has 9 nitrogen and oxygen atoms in total. The summed E-state index contributed by atoms with van der Waals surface area (Å²) in [5, 5.41) is 16.6. The van der Waals surface area contributed by atoms with E-state index in [0.717, 1.165) is 16.8 Å². The number of methoxy groups -OCH3 is 1. The third-order valence-corrected chi connectivity index (χ3v) is 5.88. The highest BCUT2D eigenvalue weighted by Crippen LogP contribution is 2.38. The van der Waals surface area contributed by atoms with Crippen LogP contribution in [0.3, 0.4) is 0 Å². The van der Waals surface area contributed by atoms with Crippen molar-refractivity contribution in [3.05, 3.63) is 53.2 Å². The van der Waals surface area contributed by atoms with Gasteiger partial charge in [0.2, 0.25) is 5.91 Å². The fraction of sp³-hybridized carbons (Fsp3) is 0.370. The number of aromatic nitrogens is 1. The molecule has 0 unspecified atom stereocenters. The van der Waals surface area contributed by atoms with Crippen LogP contribution in [-0.4, -0.2) is 42.2 Å². The average Bonchev–Trinajstić information content (AvgIpc) is 2.87. The number of ether oxygens (including phenoxy) is 2. The molecule has 1 aromatic heterocycles. The van der Waals surface area contributed by atoms with Crippen molar-refractivity contribution < 1.29 is 24.2 Å². The molecular weight excluding hydrogens is 460 g/mol. The topological polar surface area (TPSA) is 136 Å². The number of amides is 2. The van der Waals surface area contributed by atoms with Crippen LogP contribution in [0, 0.1) is 5.92 Å². The number of aliphatic hydroxyl groups is 1. The van der Waals surface area contributed by atoms with Crippen molar-refractivity contribution in [1.82, 2.24) is 10.3 Å². The Balaban J connectivity index is 1.94. The summed E-state index contributed by atoms with van der Waals surface area (Å²) in [6, 6.07) is 9.11. The fourth-order valence-corrected chi connectivity index (χ4v) is 3.92. The second-order valence-electron chi connectivity index (χ2n) is 8.66. The van der Waals surface area contributed by atoms with Gasteiger partial charge < -0.3 is 30.9 Å². The van der Waals surface area contributed by atoms with E-state index in [9.17, 15) is 14.7 Å². The molecule has 1 heterocycles. The number of carbonyl (C=O) groups excluding carboxylic acids is 2. The lowest BCUT2D eigenvalue weighted by molar-refractivity contribution is -0.123. The van der Waals surface area contributed by atoms with E-state index in [-0.39, 0.29) is 24.0 Å². The van der Waals surface area contributed by atoms with Crippen molar-refractivity contribution in [1.29, 1.82) is 0 Å². The average molecular weight is 495 g/mol. The summed E-state index contributed by atoms with van der Waals surface area (Å²) in [5.74, 6) is 0.293. The van der Waals surface area contributed by atoms with Crippen LogP contribution in [-0.2, 0) is 17.8 Å². The van der Waals surface area contributed by atoms with Gasteiger partial charge in [0.15, 0.2) is 11.5 Å². The molecule has 0 saturated heterocycles. The number of hydrogen-bond donors (Lipinski definition) is 4. The zero-order chi connectivity index (χ0) is 26.2. The predicted octanol–water partition coefficient (Wildman–Crippen LogP) is 3.68. The lowest BCUT2D eigenvalue weighted by Crippen LogP contribution is -2.29. The Bertz CT molecular complexity index is 1240. The van der Waals surface area contributed by atoms with Gasteiger partial charge >= 0.3 is 0 Å². The highest BCUT2D eigenvalue weighted by molar-refractivity contribution is 6.08. The van der Waals surface area contributed by atoms with Crippen LogP contribution in [0.4, 0.5) is 11.4 Å². The number of anilines is 2. The summed E-state index contributed by atoms with van der Waals surface area (Å²) < 4.78 is 11.5. The summed E-state index contributed by atoms with van der Waals surface area (Å²) in [7, 11) is 1.54. The zero-order valence-corrected chi connectivity index (χ0v) is 21.2. The minimum atomic E-state index is -0.619. The van der Waals surface area contributed by atoms with E-state index in [0.29, 0.717) is 54.1 Å². The van der Waals surface area contributed by atoms with Crippen LogP contribution in [0.1, 0.15) is 48.7 Å². The van der Waals surface area contributed by atoms with Crippen molar-refractivity contribution in [2.45, 2.75) is 40.2 Å². The highest BCUT2D eigenvalue weighted by atomic mass is 16.5. The molecule has 0 fully saturated rings. The van der Waals surface area contributed by atoms with Gasteiger partial charge in [-0.05, 0) is 36.1 Å². The van der Waals surface area contributed by atoms with E-state index >= 15 is 0 Å². The Kier molecular flexibility index (Phi) is 9.08. The second kappa shape index (κ2) is 12.2. The van der Waals surface area contributed by atoms with Gasteiger partial charge in [0, 0.05) is 35.8 Å². The first-order chi connectivity index (χ1) is 17.3. The predicted molar refractivity (Wildman–Crippen MR) is 140 cm³/mol. The van der Waals surface area contributed by atoms with Crippen molar-refractivity contribution in [2.24, 2.45) is 11.7 Å². The number of carbonyl (C=O) groups is 2. The minimum absolute atomic E-state index is 0.00326. The van der Waals surface area contributed by atoms with Crippen molar-refractivity contribution in [3.63, 3.8) is 0 Å². The monoisotopic (exact) mass is 494 g/mol. The first kappa shape index (κ1) is 26.7. The normalized spacial score (nSPS) is 10.9. The number of nitrogens with two attached hydrogens (primary N) is 1. The smallest absolute Gasteiger partial charge is 0.252 e. The number of rotatable bonds is 12. The lowest BCUT2D eigenvalue weighted by atomic mass is 10.0. The number of benzene rings is 2. The first-order valence-electron chi connectivity index (χ1n) is 12.0. The fourth-order valence-electron chi connectivity index (χ4n) is 3.92. The molecular formula is C27H34N4O5. The van der Waals surface area contributed by atoms with Gasteiger partial charge in [-0.1, -0.05) is 32.9 Å². The van der Waals surface area contributed by atoms with Crippen molar-refractivity contribution in [2.75, 3.05) is 25.6 Å². The largest absolute Gasteiger partial charge is 0.493 e. The van der Waals surface area contributed by atoms with Gasteiger partial charge in [-0.3, -0.25) is 14.6 Å². The molecule has 0 aliphatic carbocycles. The van der Waals surface area contributed by atoms with Gasteiger partial charge in [0.1, 0.15) is 0 Å². The third-order valence-electron chi connectivity index (χ3n) is 5.88. The Hall–Kier alpha value is -3.85. The number of fused-ring (bicyclic) bond motifs is 1. The summed E-state index contributed by atoms with van der Waals surface area (Å²) in [5.41, 5.74) is 9.50. The summed E-state index contributed by atoms with van der Waals surface area (Å²) in [6.45, 7) is 6.48. The quantitative estimate of drug-likeness (QED) is 0.282. The number of primary amides is 1. The molecule has 0 bridgehead atoms. The number of hydrogen-bond acceptors (Lipinski definition) is 7. The van der Waals surface area contributed by atoms with Gasteiger partial charge in [-0.15, -0.1) is 0 Å². The number of nitrogens with zero attached hydrogens (tertiary/aromatic N) is 1. The molecule has 3 rings (SSSR count). The molecule has 0 spiro atoms. The van der Waals surface area contributed by atoms with Crippen LogP contribution in [0.15, 0.2) is 36.5 Å². The Morgan fingerprint density at radius 1 is 1.19 bits per heavy atom. The third kappa shape index (κ3) is 6.04. The molecule has 0 atom stereocenters. The maximum atomic E-state index is 12.3. The number of aliphatic hydroxyl groups excluding tert-OH is 1. The van der Waals surface area contributed by atoms with E-state index < -0.39 is 5.91 Å². The standard InChI is InChI=1S/C27H34N4O5/c1-5-18-17(15-32)8-6-9-21(18)31-25-19-12-23(35-4)24(13-22(19)30-14-20(25)26(28)33)36-11-7-10-29-27(34)16(2)3/h6,8-9,12-14,16,32H,5,7,10-11,15H2,1-4H3,(H2,28,33)(H,29,34)(H,30,31). The SMILES string of the molecule is CCc1c(CO)cccc1Nc1c(C(N)=O)cnc2cc(OCCCNC(=O)C(C)C)c(OC)cc12. The summed E-state index contributed by atoms with van der Waals surface area (Å²) in [4.78, 5) is 28.4. The number of nitrogens with one attached hydrogen (secondary N) is 2. The molecule has 2 aromatic carbocycles. The van der Waals surface area contributed by atoms with Crippen molar-refractivity contribution in [3.8, 4) is 11.5 Å². The molecule has 0 aliphatic heterocycles. The van der Waals surface area contributed by atoms with Gasteiger partial charge in [0.25, 0.3) is 5.91 Å². The first-order valence-corrected chi connectivity index (χ1v) is 12.0. The summed E-state index contributed by atoms with van der Waals surface area (Å²) >= 11 is 0.